The first-order valence-corrected chi connectivity index (χ1v) is 5.80. The predicted molar refractivity (Wildman–Crippen MR) is 67.7 cm³/mol. The maximum Gasteiger partial charge on any atom is 0.573 e. The van der Waals surface area contributed by atoms with Crippen LogP contribution in [0.2, 0.25) is 0 Å². The monoisotopic (exact) mass is 291 g/mol. The second-order valence-corrected chi connectivity index (χ2v) is 4.09. The lowest BCUT2D eigenvalue weighted by Crippen LogP contribution is -2.17. The number of hydrogen-bond donors (Lipinski definition) is 0. The van der Waals surface area contributed by atoms with Crippen molar-refractivity contribution in [3.05, 3.63) is 65.2 Å². The van der Waals surface area contributed by atoms with Crippen molar-refractivity contribution in [1.29, 1.82) is 5.26 Å². The molecule has 0 radical (unpaired) electrons. The standard InChI is InChI=1S/C15H8F3NO2/c16-15(17,18)21-13-7-5-12(6-8-13)14(20)11-3-1-10(9-19)2-4-11/h1-8H. The third-order valence-electron chi connectivity index (χ3n) is 2.63. The van der Waals surface area contributed by atoms with Crippen molar-refractivity contribution < 1.29 is 22.7 Å². The van der Waals surface area contributed by atoms with Crippen LogP contribution in [0.1, 0.15) is 21.5 Å². The average molecular weight is 291 g/mol. The van der Waals surface area contributed by atoms with E-state index in [0.717, 1.165) is 12.1 Å². The van der Waals surface area contributed by atoms with E-state index in [-0.39, 0.29) is 17.1 Å². The molecule has 0 saturated heterocycles. The number of nitriles is 1. The zero-order valence-electron chi connectivity index (χ0n) is 10.5. The van der Waals surface area contributed by atoms with Crippen molar-refractivity contribution in [2.45, 2.75) is 6.36 Å². The van der Waals surface area contributed by atoms with Gasteiger partial charge in [-0.25, -0.2) is 0 Å². The normalized spacial score (nSPS) is 10.8. The van der Waals surface area contributed by atoms with E-state index in [4.69, 9.17) is 5.26 Å². The lowest BCUT2D eigenvalue weighted by atomic mass is 10.0. The number of benzene rings is 2. The summed E-state index contributed by atoms with van der Waals surface area (Å²) < 4.78 is 39.8. The first-order valence-electron chi connectivity index (χ1n) is 5.80. The minimum atomic E-state index is -4.77. The molecule has 3 nitrogen and oxygen atoms in total. The minimum absolute atomic E-state index is 0.231. The highest BCUT2D eigenvalue weighted by atomic mass is 19.4. The largest absolute Gasteiger partial charge is 0.573 e. The fourth-order valence-corrected chi connectivity index (χ4v) is 1.67. The molecule has 6 heteroatoms. The molecule has 0 atom stereocenters. The molecule has 0 N–H and O–H groups in total. The van der Waals surface area contributed by atoms with Gasteiger partial charge in [0.05, 0.1) is 11.6 Å². The molecular weight excluding hydrogens is 283 g/mol. The SMILES string of the molecule is N#Cc1ccc(C(=O)c2ccc(OC(F)(F)F)cc2)cc1. The van der Waals surface area contributed by atoms with Crippen LogP contribution in [0.4, 0.5) is 13.2 Å². The summed E-state index contributed by atoms with van der Waals surface area (Å²) in [7, 11) is 0. The van der Waals surface area contributed by atoms with Crippen LogP contribution < -0.4 is 4.74 Å². The Labute approximate surface area is 118 Å². The van der Waals surface area contributed by atoms with E-state index < -0.39 is 6.36 Å². The van der Waals surface area contributed by atoms with Gasteiger partial charge in [0.2, 0.25) is 0 Å². The third-order valence-corrected chi connectivity index (χ3v) is 2.63. The molecular formula is C15H8F3NO2. The summed E-state index contributed by atoms with van der Waals surface area (Å²) in [4.78, 5) is 12.1. The van der Waals surface area contributed by atoms with Gasteiger partial charge in [0, 0.05) is 11.1 Å². The summed E-state index contributed by atoms with van der Waals surface area (Å²) in [6.07, 6.45) is -4.77. The van der Waals surface area contributed by atoms with Crippen molar-refractivity contribution >= 4 is 5.78 Å². The first kappa shape index (κ1) is 14.6. The Kier molecular flexibility index (Phi) is 3.94. The molecule has 0 fully saturated rings. The van der Waals surface area contributed by atoms with E-state index >= 15 is 0 Å². The number of ketones is 1. The van der Waals surface area contributed by atoms with Gasteiger partial charge in [0.1, 0.15) is 5.75 Å². The highest BCUT2D eigenvalue weighted by Gasteiger charge is 2.31. The predicted octanol–water partition coefficient (Wildman–Crippen LogP) is 3.69. The topological polar surface area (TPSA) is 50.1 Å². The molecule has 0 aromatic heterocycles. The smallest absolute Gasteiger partial charge is 0.406 e. The van der Waals surface area contributed by atoms with Crippen LogP contribution in [0.5, 0.6) is 5.75 Å². The van der Waals surface area contributed by atoms with E-state index in [9.17, 15) is 18.0 Å². The summed E-state index contributed by atoms with van der Waals surface area (Å²) in [5.41, 5.74) is 0.994. The summed E-state index contributed by atoms with van der Waals surface area (Å²) in [6, 6.07) is 12.5. The molecule has 2 aromatic rings. The Hall–Kier alpha value is -2.81. The van der Waals surface area contributed by atoms with Crippen LogP contribution in [0.25, 0.3) is 0 Å². The van der Waals surface area contributed by atoms with Gasteiger partial charge >= 0.3 is 6.36 Å². The van der Waals surface area contributed by atoms with Crippen LogP contribution in [0, 0.1) is 11.3 Å². The van der Waals surface area contributed by atoms with E-state index in [1.807, 2.05) is 6.07 Å². The number of alkyl halides is 3. The second-order valence-electron chi connectivity index (χ2n) is 4.09. The van der Waals surface area contributed by atoms with Gasteiger partial charge in [-0.05, 0) is 48.5 Å². The van der Waals surface area contributed by atoms with E-state index in [0.29, 0.717) is 11.1 Å². The highest BCUT2D eigenvalue weighted by Crippen LogP contribution is 2.23. The zero-order valence-corrected chi connectivity index (χ0v) is 10.5. The molecule has 0 amide bonds. The van der Waals surface area contributed by atoms with Gasteiger partial charge in [-0.3, -0.25) is 4.79 Å². The fourth-order valence-electron chi connectivity index (χ4n) is 1.67. The Morgan fingerprint density at radius 3 is 1.86 bits per heavy atom. The number of rotatable bonds is 3. The molecule has 0 aliphatic carbocycles. The van der Waals surface area contributed by atoms with Crippen LogP contribution in [0.15, 0.2) is 48.5 Å². The summed E-state index contributed by atoms with van der Waals surface area (Å²) in [6.45, 7) is 0. The van der Waals surface area contributed by atoms with Crippen LogP contribution in [-0.2, 0) is 0 Å². The number of ether oxygens (including phenoxy) is 1. The van der Waals surface area contributed by atoms with Crippen molar-refractivity contribution in [1.82, 2.24) is 0 Å². The van der Waals surface area contributed by atoms with Crippen LogP contribution >= 0.6 is 0 Å². The molecule has 0 unspecified atom stereocenters. The average Bonchev–Trinajstić information content (AvgIpc) is 2.46. The second kappa shape index (κ2) is 5.67. The van der Waals surface area contributed by atoms with E-state index in [1.54, 1.807) is 0 Å². The molecule has 2 rings (SSSR count). The molecule has 0 aliphatic rings. The van der Waals surface area contributed by atoms with Gasteiger partial charge in [-0.1, -0.05) is 0 Å². The Bertz CT molecular complexity index is 683. The molecule has 0 heterocycles. The van der Waals surface area contributed by atoms with Crippen molar-refractivity contribution in [3.8, 4) is 11.8 Å². The molecule has 0 bridgehead atoms. The number of carbonyl (C=O) groups is 1. The van der Waals surface area contributed by atoms with Gasteiger partial charge < -0.3 is 4.74 Å². The molecule has 0 aliphatic heterocycles. The first-order chi connectivity index (χ1) is 9.89. The van der Waals surface area contributed by atoms with Crippen molar-refractivity contribution in [3.63, 3.8) is 0 Å². The number of hydrogen-bond acceptors (Lipinski definition) is 3. The van der Waals surface area contributed by atoms with Crippen LogP contribution in [0.3, 0.4) is 0 Å². The minimum Gasteiger partial charge on any atom is -0.406 e. The highest BCUT2D eigenvalue weighted by molar-refractivity contribution is 6.09. The van der Waals surface area contributed by atoms with Crippen molar-refractivity contribution in [2.75, 3.05) is 0 Å². The molecule has 0 saturated carbocycles. The maximum atomic E-state index is 12.1. The Balaban J connectivity index is 2.18. The number of nitrogens with zero attached hydrogens (tertiary/aromatic N) is 1. The van der Waals surface area contributed by atoms with Crippen LogP contribution in [-0.4, -0.2) is 12.1 Å². The van der Waals surface area contributed by atoms with Gasteiger partial charge in [0.25, 0.3) is 0 Å². The third kappa shape index (κ3) is 3.83. The van der Waals surface area contributed by atoms with E-state index in [2.05, 4.69) is 4.74 Å². The molecule has 21 heavy (non-hydrogen) atoms. The lowest BCUT2D eigenvalue weighted by Gasteiger charge is -2.09. The van der Waals surface area contributed by atoms with Gasteiger partial charge in [-0.2, -0.15) is 5.26 Å². The van der Waals surface area contributed by atoms with Crippen molar-refractivity contribution in [2.24, 2.45) is 0 Å². The summed E-state index contributed by atoms with van der Waals surface area (Å²) >= 11 is 0. The number of halogens is 3. The zero-order chi connectivity index (χ0) is 15.5. The Morgan fingerprint density at radius 1 is 0.952 bits per heavy atom. The Morgan fingerprint density at radius 2 is 1.43 bits per heavy atom. The van der Waals surface area contributed by atoms with E-state index in [1.165, 1.54) is 36.4 Å². The van der Waals surface area contributed by atoms with Gasteiger partial charge in [0.15, 0.2) is 5.78 Å². The maximum absolute atomic E-state index is 12.1. The fraction of sp³-hybridized carbons (Fsp3) is 0.0667. The molecule has 0 spiro atoms. The summed E-state index contributed by atoms with van der Waals surface area (Å²) in [5.74, 6) is -0.739. The molecule has 106 valence electrons. The molecule has 2 aromatic carbocycles. The number of carbonyl (C=O) groups excluding carboxylic acids is 1. The van der Waals surface area contributed by atoms with Gasteiger partial charge in [-0.15, -0.1) is 13.2 Å². The lowest BCUT2D eigenvalue weighted by molar-refractivity contribution is -0.274. The summed E-state index contributed by atoms with van der Waals surface area (Å²) in [5, 5.41) is 8.67. The quantitative estimate of drug-likeness (QED) is 0.810.